The maximum absolute atomic E-state index is 13.3. The third-order valence-electron chi connectivity index (χ3n) is 5.97. The van der Waals surface area contributed by atoms with Crippen molar-refractivity contribution in [2.24, 2.45) is 5.92 Å². The Balaban J connectivity index is 1.51. The average Bonchev–Trinajstić information content (AvgIpc) is 2.88. The number of amides is 1. The third-order valence-corrected chi connectivity index (χ3v) is 5.97. The number of H-pyrrole nitrogens is 1. The third kappa shape index (κ3) is 3.72. The highest BCUT2D eigenvalue weighted by atomic mass is 16.2. The van der Waals surface area contributed by atoms with Gasteiger partial charge in [-0.25, -0.2) is 4.98 Å². The molecule has 0 spiro atoms. The molecule has 1 N–H and O–H groups in total. The minimum Gasteiger partial charge on any atom is -0.378 e. The highest BCUT2D eigenvalue weighted by Gasteiger charge is 2.37. The largest absolute Gasteiger partial charge is 0.378 e. The van der Waals surface area contributed by atoms with Crippen LogP contribution in [0.4, 0.5) is 5.69 Å². The number of carbonyl (C=O) groups is 1. The van der Waals surface area contributed by atoms with Crippen molar-refractivity contribution in [1.82, 2.24) is 19.8 Å². The highest BCUT2D eigenvalue weighted by Crippen LogP contribution is 2.30. The van der Waals surface area contributed by atoms with E-state index in [9.17, 15) is 4.79 Å². The Morgan fingerprint density at radius 1 is 1.26 bits per heavy atom. The van der Waals surface area contributed by atoms with Gasteiger partial charge in [0.15, 0.2) is 0 Å². The number of hydrogen-bond acceptors (Lipinski definition) is 4. The molecule has 3 aliphatic rings. The first kappa shape index (κ1) is 18.0. The van der Waals surface area contributed by atoms with Crippen molar-refractivity contribution in [2.45, 2.75) is 32.4 Å². The molecule has 4 heterocycles. The summed E-state index contributed by atoms with van der Waals surface area (Å²) < 4.78 is 0. The number of benzene rings is 1. The molecule has 0 radical (unpaired) electrons. The minimum absolute atomic E-state index is 0.172. The summed E-state index contributed by atoms with van der Waals surface area (Å²) in [6.07, 6.45) is 4.08. The van der Waals surface area contributed by atoms with Crippen molar-refractivity contribution in [3.8, 4) is 0 Å². The van der Waals surface area contributed by atoms with Crippen molar-refractivity contribution in [3.63, 3.8) is 0 Å². The molecule has 1 amide bonds. The predicted molar refractivity (Wildman–Crippen MR) is 107 cm³/mol. The summed E-state index contributed by atoms with van der Waals surface area (Å²) in [5, 5.41) is 0. The standard InChI is InChI=1S/C21H29N5O/c1-15-20(23-14-22-15)13-25-10-16-7-8-19(12-25)26(11-16)21(27)17-5-4-6-18(9-17)24(2)3/h4-6,9,14,16,19H,7-8,10-13H2,1-3H3,(H,22,23)/t16-,19+/m0/s1. The van der Waals surface area contributed by atoms with Crippen LogP contribution in [-0.2, 0) is 6.54 Å². The molecule has 2 aromatic rings. The summed E-state index contributed by atoms with van der Waals surface area (Å²) in [4.78, 5) is 27.5. The first-order valence-electron chi connectivity index (χ1n) is 9.81. The summed E-state index contributed by atoms with van der Waals surface area (Å²) in [6.45, 7) is 5.78. The van der Waals surface area contributed by atoms with E-state index >= 15 is 0 Å². The normalized spacial score (nSPS) is 22.7. The lowest BCUT2D eigenvalue weighted by molar-refractivity contribution is 0.0585. The number of imidazole rings is 1. The van der Waals surface area contributed by atoms with Gasteiger partial charge in [-0.3, -0.25) is 9.69 Å². The Bertz CT molecular complexity index is 814. The SMILES string of the molecule is Cc1[nH]cnc1CN1C[C@@H]2CC[C@H](C1)N(C(=O)c1cccc(N(C)C)c1)C2. The quantitative estimate of drug-likeness (QED) is 0.902. The maximum Gasteiger partial charge on any atom is 0.254 e. The van der Waals surface area contributed by atoms with E-state index in [0.717, 1.165) is 55.2 Å². The molecule has 2 bridgehead atoms. The van der Waals surface area contributed by atoms with Gasteiger partial charge in [-0.2, -0.15) is 0 Å². The zero-order valence-corrected chi connectivity index (χ0v) is 16.5. The van der Waals surface area contributed by atoms with E-state index in [1.807, 2.05) is 43.3 Å². The van der Waals surface area contributed by atoms with Gasteiger partial charge in [-0.15, -0.1) is 0 Å². The number of piperidine rings is 1. The molecule has 0 unspecified atom stereocenters. The molecule has 2 atom stereocenters. The number of anilines is 1. The van der Waals surface area contributed by atoms with Crippen LogP contribution in [0.15, 0.2) is 30.6 Å². The van der Waals surface area contributed by atoms with Crippen LogP contribution in [-0.4, -0.2) is 65.4 Å². The van der Waals surface area contributed by atoms with Gasteiger partial charge in [-0.1, -0.05) is 6.07 Å². The van der Waals surface area contributed by atoms with E-state index in [1.54, 1.807) is 6.33 Å². The minimum atomic E-state index is 0.172. The van der Waals surface area contributed by atoms with Gasteiger partial charge in [0.1, 0.15) is 0 Å². The second-order valence-electron chi connectivity index (χ2n) is 8.17. The lowest BCUT2D eigenvalue weighted by Crippen LogP contribution is -2.47. The van der Waals surface area contributed by atoms with Gasteiger partial charge in [0.2, 0.25) is 0 Å². The lowest BCUT2D eigenvalue weighted by Gasteiger charge is -2.36. The summed E-state index contributed by atoms with van der Waals surface area (Å²) in [5.74, 6) is 0.718. The number of rotatable bonds is 4. The molecule has 3 fully saturated rings. The summed E-state index contributed by atoms with van der Waals surface area (Å²) in [5.41, 5.74) is 4.12. The average molecular weight is 367 g/mol. The molecule has 27 heavy (non-hydrogen) atoms. The maximum atomic E-state index is 13.3. The second kappa shape index (κ2) is 7.35. The number of carbonyl (C=O) groups excluding carboxylic acids is 1. The van der Waals surface area contributed by atoms with Crippen LogP contribution in [0, 0.1) is 12.8 Å². The van der Waals surface area contributed by atoms with Crippen LogP contribution in [0.3, 0.4) is 0 Å². The first-order chi connectivity index (χ1) is 13.0. The van der Waals surface area contributed by atoms with Crippen LogP contribution in [0.5, 0.6) is 0 Å². The van der Waals surface area contributed by atoms with Gasteiger partial charge in [0.05, 0.1) is 12.0 Å². The zero-order chi connectivity index (χ0) is 19.0. The topological polar surface area (TPSA) is 55.5 Å². The first-order valence-corrected chi connectivity index (χ1v) is 9.81. The lowest BCUT2D eigenvalue weighted by atomic mass is 9.94. The van der Waals surface area contributed by atoms with Gasteiger partial charge in [-0.05, 0) is 43.9 Å². The van der Waals surface area contributed by atoms with E-state index in [4.69, 9.17) is 0 Å². The number of aryl methyl sites for hydroxylation is 1. The van der Waals surface area contributed by atoms with Crippen molar-refractivity contribution in [2.75, 3.05) is 38.6 Å². The molecule has 6 nitrogen and oxygen atoms in total. The van der Waals surface area contributed by atoms with Crippen molar-refractivity contribution in [1.29, 1.82) is 0 Å². The molecule has 3 aliphatic heterocycles. The van der Waals surface area contributed by atoms with E-state index in [1.165, 1.54) is 6.42 Å². The Morgan fingerprint density at radius 3 is 2.85 bits per heavy atom. The molecule has 1 aromatic carbocycles. The van der Waals surface area contributed by atoms with Gasteiger partial charge < -0.3 is 14.8 Å². The number of aromatic nitrogens is 2. The molecule has 6 heteroatoms. The van der Waals surface area contributed by atoms with Gasteiger partial charge in [0, 0.05) is 63.3 Å². The number of nitrogens with zero attached hydrogens (tertiary/aromatic N) is 4. The molecule has 0 saturated carbocycles. The number of aromatic amines is 1. The Kier molecular flexibility index (Phi) is 4.91. The summed E-state index contributed by atoms with van der Waals surface area (Å²) in [7, 11) is 4.01. The molecule has 3 saturated heterocycles. The number of hydrogen-bond donors (Lipinski definition) is 1. The van der Waals surface area contributed by atoms with Crippen LogP contribution < -0.4 is 4.90 Å². The number of nitrogens with one attached hydrogen (secondary N) is 1. The highest BCUT2D eigenvalue weighted by molar-refractivity contribution is 5.95. The fraction of sp³-hybridized carbons (Fsp3) is 0.524. The smallest absolute Gasteiger partial charge is 0.254 e. The zero-order valence-electron chi connectivity index (χ0n) is 16.5. The second-order valence-corrected chi connectivity index (χ2v) is 8.17. The predicted octanol–water partition coefficient (Wildman–Crippen LogP) is 2.52. The van der Waals surface area contributed by atoms with Crippen molar-refractivity contribution < 1.29 is 4.79 Å². The van der Waals surface area contributed by atoms with Crippen molar-refractivity contribution >= 4 is 11.6 Å². The van der Waals surface area contributed by atoms with Crippen LogP contribution in [0.1, 0.15) is 34.6 Å². The van der Waals surface area contributed by atoms with E-state index in [0.29, 0.717) is 12.0 Å². The van der Waals surface area contributed by atoms with E-state index < -0.39 is 0 Å². The molecule has 1 aromatic heterocycles. The molecule has 5 rings (SSSR count). The Hall–Kier alpha value is -2.34. The summed E-state index contributed by atoms with van der Waals surface area (Å²) in [6, 6.07) is 8.26. The van der Waals surface area contributed by atoms with Crippen LogP contribution in [0.2, 0.25) is 0 Å². The Morgan fingerprint density at radius 2 is 2.11 bits per heavy atom. The molecular weight excluding hydrogens is 338 g/mol. The van der Waals surface area contributed by atoms with Crippen LogP contribution in [0.25, 0.3) is 0 Å². The fourth-order valence-electron chi connectivity index (χ4n) is 4.40. The Labute approximate surface area is 161 Å². The van der Waals surface area contributed by atoms with Gasteiger partial charge >= 0.3 is 0 Å². The van der Waals surface area contributed by atoms with Crippen molar-refractivity contribution in [3.05, 3.63) is 47.5 Å². The van der Waals surface area contributed by atoms with E-state index in [2.05, 4.69) is 26.7 Å². The monoisotopic (exact) mass is 367 g/mol. The van der Waals surface area contributed by atoms with E-state index in [-0.39, 0.29) is 5.91 Å². The number of fused-ring (bicyclic) bond motifs is 4. The molecule has 144 valence electrons. The van der Waals surface area contributed by atoms with Gasteiger partial charge in [0.25, 0.3) is 5.91 Å². The molecular formula is C21H29N5O. The fourth-order valence-corrected chi connectivity index (χ4v) is 4.40. The molecule has 0 aliphatic carbocycles. The summed E-state index contributed by atoms with van der Waals surface area (Å²) >= 11 is 0. The van der Waals surface area contributed by atoms with Crippen LogP contribution >= 0.6 is 0 Å².